The molecule has 0 saturated heterocycles. The summed E-state index contributed by atoms with van der Waals surface area (Å²) >= 11 is 0. The molecule has 1 amide bonds. The summed E-state index contributed by atoms with van der Waals surface area (Å²) in [7, 11) is 4.64. The van der Waals surface area contributed by atoms with Gasteiger partial charge in [0.2, 0.25) is 11.7 Å². The zero-order valence-electron chi connectivity index (χ0n) is 17.0. The number of hydrogen-bond acceptors (Lipinski definition) is 4. The van der Waals surface area contributed by atoms with E-state index in [9.17, 15) is 4.79 Å². The molecule has 5 heteroatoms. The SMILES string of the molecule is COc1cc(NC(=O)CCc2ccc(C(C)(C)C)cc2)cc(OC)c1OC. The minimum absolute atomic E-state index is 0.0656. The molecule has 2 rings (SSSR count). The number of methoxy groups -OCH3 is 3. The van der Waals surface area contributed by atoms with Crippen molar-refractivity contribution in [1.82, 2.24) is 0 Å². The number of benzene rings is 2. The standard InChI is InChI=1S/C22H29NO4/c1-22(2,3)16-10-7-15(8-11-16)9-12-20(24)23-17-13-18(25-4)21(27-6)19(14-17)26-5/h7-8,10-11,13-14H,9,12H2,1-6H3,(H,23,24). The molecule has 0 fully saturated rings. The van der Waals surface area contributed by atoms with Gasteiger partial charge in [-0.05, 0) is 23.0 Å². The van der Waals surface area contributed by atoms with Crippen LogP contribution in [0.3, 0.4) is 0 Å². The summed E-state index contributed by atoms with van der Waals surface area (Å²) < 4.78 is 15.9. The van der Waals surface area contributed by atoms with E-state index in [1.54, 1.807) is 33.5 Å². The first-order valence-electron chi connectivity index (χ1n) is 8.97. The molecule has 5 nitrogen and oxygen atoms in total. The van der Waals surface area contributed by atoms with E-state index >= 15 is 0 Å². The second-order valence-electron chi connectivity index (χ2n) is 7.41. The fourth-order valence-corrected chi connectivity index (χ4v) is 2.81. The van der Waals surface area contributed by atoms with Crippen molar-refractivity contribution in [2.45, 2.75) is 39.0 Å². The van der Waals surface area contributed by atoms with Gasteiger partial charge in [0, 0.05) is 24.2 Å². The number of anilines is 1. The highest BCUT2D eigenvalue weighted by Crippen LogP contribution is 2.39. The van der Waals surface area contributed by atoms with E-state index in [2.05, 4.69) is 50.4 Å². The quantitative estimate of drug-likeness (QED) is 0.774. The number of nitrogens with one attached hydrogen (secondary N) is 1. The molecule has 146 valence electrons. The maximum absolute atomic E-state index is 12.3. The molecule has 0 aliphatic rings. The normalized spacial score (nSPS) is 11.0. The van der Waals surface area contributed by atoms with Crippen molar-refractivity contribution in [1.29, 1.82) is 0 Å². The maximum atomic E-state index is 12.3. The van der Waals surface area contributed by atoms with Gasteiger partial charge in [-0.25, -0.2) is 0 Å². The number of hydrogen-bond donors (Lipinski definition) is 1. The molecule has 27 heavy (non-hydrogen) atoms. The monoisotopic (exact) mass is 371 g/mol. The van der Waals surface area contributed by atoms with E-state index in [1.165, 1.54) is 5.56 Å². The van der Waals surface area contributed by atoms with Crippen LogP contribution in [0.2, 0.25) is 0 Å². The number of carbonyl (C=O) groups is 1. The zero-order valence-corrected chi connectivity index (χ0v) is 17.0. The highest BCUT2D eigenvalue weighted by atomic mass is 16.5. The van der Waals surface area contributed by atoms with Gasteiger partial charge in [0.25, 0.3) is 0 Å². The van der Waals surface area contributed by atoms with E-state index in [1.807, 2.05) is 0 Å². The molecule has 0 aromatic heterocycles. The first kappa shape index (κ1) is 20.6. The van der Waals surface area contributed by atoms with E-state index in [4.69, 9.17) is 14.2 Å². The number of aryl methyl sites for hydroxylation is 1. The minimum Gasteiger partial charge on any atom is -0.493 e. The first-order chi connectivity index (χ1) is 12.8. The smallest absolute Gasteiger partial charge is 0.224 e. The van der Waals surface area contributed by atoms with Gasteiger partial charge in [-0.1, -0.05) is 45.0 Å². The fraction of sp³-hybridized carbons (Fsp3) is 0.409. The topological polar surface area (TPSA) is 56.8 Å². The van der Waals surface area contributed by atoms with Gasteiger partial charge in [-0.15, -0.1) is 0 Å². The number of amides is 1. The van der Waals surface area contributed by atoms with Crippen LogP contribution >= 0.6 is 0 Å². The third-order valence-corrected chi connectivity index (χ3v) is 4.41. The Bertz CT molecular complexity index is 751. The van der Waals surface area contributed by atoms with E-state index < -0.39 is 0 Å². The van der Waals surface area contributed by atoms with Gasteiger partial charge >= 0.3 is 0 Å². The molecule has 0 bridgehead atoms. The van der Waals surface area contributed by atoms with Crippen LogP contribution < -0.4 is 19.5 Å². The van der Waals surface area contributed by atoms with Gasteiger partial charge in [0.05, 0.1) is 21.3 Å². The molecule has 0 spiro atoms. The summed E-state index contributed by atoms with van der Waals surface area (Å²) in [6, 6.07) is 11.9. The number of carbonyl (C=O) groups excluding carboxylic acids is 1. The Labute approximate surface area is 161 Å². The number of rotatable bonds is 7. The average molecular weight is 371 g/mol. The van der Waals surface area contributed by atoms with Crippen LogP contribution in [0.25, 0.3) is 0 Å². The molecule has 2 aromatic carbocycles. The van der Waals surface area contributed by atoms with E-state index in [0.717, 1.165) is 5.56 Å². The molecular weight excluding hydrogens is 342 g/mol. The minimum atomic E-state index is -0.0656. The lowest BCUT2D eigenvalue weighted by Crippen LogP contribution is -2.13. The molecule has 0 aliphatic carbocycles. The maximum Gasteiger partial charge on any atom is 0.224 e. The van der Waals surface area contributed by atoms with Gasteiger partial charge in [-0.2, -0.15) is 0 Å². The fourth-order valence-electron chi connectivity index (χ4n) is 2.81. The van der Waals surface area contributed by atoms with Gasteiger partial charge in [0.15, 0.2) is 11.5 Å². The lowest BCUT2D eigenvalue weighted by atomic mass is 9.86. The lowest BCUT2D eigenvalue weighted by molar-refractivity contribution is -0.116. The van der Waals surface area contributed by atoms with Crippen molar-refractivity contribution in [3.8, 4) is 17.2 Å². The van der Waals surface area contributed by atoms with Crippen molar-refractivity contribution in [2.75, 3.05) is 26.6 Å². The van der Waals surface area contributed by atoms with E-state index in [0.29, 0.717) is 35.8 Å². The molecule has 0 atom stereocenters. The Balaban J connectivity index is 2.01. The molecule has 0 unspecified atom stereocenters. The van der Waals surface area contributed by atoms with Crippen LogP contribution in [0.5, 0.6) is 17.2 Å². The largest absolute Gasteiger partial charge is 0.493 e. The highest BCUT2D eigenvalue weighted by molar-refractivity contribution is 5.91. The van der Waals surface area contributed by atoms with Gasteiger partial charge in [-0.3, -0.25) is 4.79 Å². The molecule has 0 radical (unpaired) electrons. The van der Waals surface area contributed by atoms with Crippen LogP contribution in [-0.2, 0) is 16.6 Å². The average Bonchev–Trinajstić information content (AvgIpc) is 2.65. The Morgan fingerprint density at radius 2 is 1.48 bits per heavy atom. The van der Waals surface area contributed by atoms with Crippen LogP contribution in [0.1, 0.15) is 38.3 Å². The van der Waals surface area contributed by atoms with Crippen LogP contribution in [-0.4, -0.2) is 27.2 Å². The summed E-state index contributed by atoms with van der Waals surface area (Å²) in [5.41, 5.74) is 3.16. The second kappa shape index (κ2) is 8.80. The molecule has 0 heterocycles. The Morgan fingerprint density at radius 1 is 0.926 bits per heavy atom. The van der Waals surface area contributed by atoms with Crippen LogP contribution in [0.15, 0.2) is 36.4 Å². The third-order valence-electron chi connectivity index (χ3n) is 4.41. The first-order valence-corrected chi connectivity index (χ1v) is 8.97. The lowest BCUT2D eigenvalue weighted by Gasteiger charge is -2.19. The Morgan fingerprint density at radius 3 is 1.93 bits per heavy atom. The summed E-state index contributed by atoms with van der Waals surface area (Å²) in [5, 5.41) is 2.89. The molecule has 2 aromatic rings. The highest BCUT2D eigenvalue weighted by Gasteiger charge is 2.15. The van der Waals surface area contributed by atoms with E-state index in [-0.39, 0.29) is 11.3 Å². The summed E-state index contributed by atoms with van der Waals surface area (Å²) in [6.07, 6.45) is 1.08. The van der Waals surface area contributed by atoms with Gasteiger partial charge in [0.1, 0.15) is 0 Å². The van der Waals surface area contributed by atoms with Crippen LogP contribution in [0, 0.1) is 0 Å². The third kappa shape index (κ3) is 5.39. The van der Waals surface area contributed by atoms with Crippen molar-refractivity contribution in [3.05, 3.63) is 47.5 Å². The zero-order chi connectivity index (χ0) is 20.0. The van der Waals surface area contributed by atoms with Crippen molar-refractivity contribution in [3.63, 3.8) is 0 Å². The predicted octanol–water partition coefficient (Wildman–Crippen LogP) is 4.58. The molecule has 1 N–H and O–H groups in total. The van der Waals surface area contributed by atoms with Gasteiger partial charge < -0.3 is 19.5 Å². The summed E-state index contributed by atoms with van der Waals surface area (Å²) in [5.74, 6) is 1.44. The Kier molecular flexibility index (Phi) is 6.72. The van der Waals surface area contributed by atoms with Crippen molar-refractivity contribution in [2.24, 2.45) is 0 Å². The second-order valence-corrected chi connectivity index (χ2v) is 7.41. The summed E-state index contributed by atoms with van der Waals surface area (Å²) in [4.78, 5) is 12.3. The molecule has 0 aliphatic heterocycles. The Hall–Kier alpha value is -2.69. The van der Waals surface area contributed by atoms with Crippen LogP contribution in [0.4, 0.5) is 5.69 Å². The number of ether oxygens (including phenoxy) is 3. The molecular formula is C22H29NO4. The van der Waals surface area contributed by atoms with Crippen molar-refractivity contribution < 1.29 is 19.0 Å². The summed E-state index contributed by atoms with van der Waals surface area (Å²) in [6.45, 7) is 6.56. The van der Waals surface area contributed by atoms with Crippen molar-refractivity contribution >= 4 is 11.6 Å². The predicted molar refractivity (Wildman–Crippen MR) is 108 cm³/mol. The molecule has 0 saturated carbocycles.